The summed E-state index contributed by atoms with van der Waals surface area (Å²) in [6, 6.07) is 55.5. The Hall–Kier alpha value is -4.16. The van der Waals surface area contributed by atoms with Crippen molar-refractivity contribution in [1.29, 1.82) is 0 Å². The van der Waals surface area contributed by atoms with Gasteiger partial charge < -0.3 is 15.6 Å². The van der Waals surface area contributed by atoms with E-state index in [-0.39, 0.29) is 61.2 Å². The van der Waals surface area contributed by atoms with Crippen LogP contribution in [0.15, 0.2) is 146 Å². The molecule has 0 spiro atoms. The summed E-state index contributed by atoms with van der Waals surface area (Å²) in [5, 5.41) is 1.28. The Kier molecular flexibility index (Phi) is 14.5. The van der Waals surface area contributed by atoms with Crippen molar-refractivity contribution in [1.82, 2.24) is 24.5 Å². The predicted octanol–water partition coefficient (Wildman–Crippen LogP) is 8.93. The Morgan fingerprint density at radius 3 is 2.04 bits per heavy atom. The first-order valence-corrected chi connectivity index (χ1v) is 19.6. The molecule has 3 heterocycles. The van der Waals surface area contributed by atoms with E-state index in [4.69, 9.17) is 4.98 Å². The van der Waals surface area contributed by atoms with Crippen LogP contribution in [-0.2, 0) is 52.8 Å². The molecular weight excluding hydrogens is 907 g/mol. The second kappa shape index (κ2) is 18.5. The predicted molar refractivity (Wildman–Crippen MR) is 207 cm³/mol. The van der Waals surface area contributed by atoms with Crippen LogP contribution in [-0.4, -0.2) is 41.0 Å². The van der Waals surface area contributed by atoms with Crippen LogP contribution in [0, 0.1) is 24.3 Å². The topological polar surface area (TPSA) is 56.5 Å². The van der Waals surface area contributed by atoms with Gasteiger partial charge in [0.2, 0.25) is 0 Å². The molecule has 0 amide bonds. The number of fused-ring (bicyclic) bond motifs is 1. The van der Waals surface area contributed by atoms with E-state index >= 15 is 0 Å². The van der Waals surface area contributed by atoms with Crippen LogP contribution in [0.25, 0.3) is 61.9 Å². The van der Waals surface area contributed by atoms with E-state index in [1.54, 1.807) is 6.20 Å². The summed E-state index contributed by atoms with van der Waals surface area (Å²) in [5.41, 5.74) is 8.69. The van der Waals surface area contributed by atoms with Crippen molar-refractivity contribution in [3.05, 3.63) is 170 Å². The molecule has 0 atom stereocenters. The number of hydrogen-bond acceptors (Lipinski definition) is 4. The Morgan fingerprint density at radius 2 is 1.37 bits per heavy atom. The molecule has 5 nitrogen and oxygen atoms in total. The molecule has 5 aromatic carbocycles. The number of imidazole rings is 1. The molecule has 8 aromatic rings. The fraction of sp³-hybridized carbons (Fsp3) is 0.0698. The molecule has 0 unspecified atom stereocenters. The third kappa shape index (κ3) is 9.43. The van der Waals surface area contributed by atoms with Gasteiger partial charge >= 0.3 is 0 Å². The second-order valence-electron chi connectivity index (χ2n) is 12.5. The van der Waals surface area contributed by atoms with Gasteiger partial charge in [0.25, 0.3) is 0 Å². The van der Waals surface area contributed by atoms with E-state index in [1.807, 2.05) is 109 Å². The van der Waals surface area contributed by atoms with Crippen molar-refractivity contribution in [2.75, 3.05) is 0 Å². The normalized spacial score (nSPS) is 10.5. The average molecular weight is 940 g/mol. The molecule has 0 bridgehead atoms. The summed E-state index contributed by atoms with van der Waals surface area (Å²) in [6.45, 7) is 6.88. The van der Waals surface area contributed by atoms with Gasteiger partial charge in [-0.2, -0.15) is 5.56 Å². The van der Waals surface area contributed by atoms with Gasteiger partial charge in [-0.15, -0.1) is 60.2 Å². The summed E-state index contributed by atoms with van der Waals surface area (Å²) in [6.07, 6.45) is 5.71. The average Bonchev–Trinajstić information content (AvgIpc) is 3.56. The molecule has 0 aliphatic carbocycles. The van der Waals surface area contributed by atoms with Crippen molar-refractivity contribution >= 4 is 32.7 Å². The molecule has 0 fully saturated rings. The zero-order valence-corrected chi connectivity index (χ0v) is 35.3. The third-order valence-corrected chi connectivity index (χ3v) is 10.1. The van der Waals surface area contributed by atoms with Crippen molar-refractivity contribution in [3.8, 4) is 50.8 Å². The number of aromatic nitrogens is 5. The van der Waals surface area contributed by atoms with Gasteiger partial charge in [0.15, 0.2) is 0 Å². The van der Waals surface area contributed by atoms with Crippen molar-refractivity contribution in [2.24, 2.45) is 0 Å². The summed E-state index contributed by atoms with van der Waals surface area (Å²) < 4.78 is 2.16. The van der Waals surface area contributed by atoms with Gasteiger partial charge in [0.05, 0.1) is 24.9 Å². The molecule has 52 heavy (non-hydrogen) atoms. The van der Waals surface area contributed by atoms with Crippen LogP contribution in [0.1, 0.15) is 0 Å². The monoisotopic (exact) mass is 940 g/mol. The zero-order chi connectivity index (χ0) is 33.6. The van der Waals surface area contributed by atoms with Crippen molar-refractivity contribution in [3.63, 3.8) is 0 Å². The minimum Gasteiger partial charge on any atom is -0.374 e. The van der Waals surface area contributed by atoms with Crippen molar-refractivity contribution < 1.29 is 52.8 Å². The molecular formula is C43H33BIrN5SiY-4. The van der Waals surface area contributed by atoms with Crippen LogP contribution in [0.4, 0.5) is 0 Å². The largest absolute Gasteiger partial charge is 0.374 e. The summed E-state index contributed by atoms with van der Waals surface area (Å²) in [7, 11) is -1.29. The molecule has 9 heteroatoms. The SMILES string of the molecule is C[Si](C)(C)c1cnc(-c2[c-]cccc2)nc1.[B].[Ir].[Y].[c-]1ccc(-c2[c-]cc(-c3ccccn3)cc2)[c-]c1-c1nc2ccccc2n1-c1ccccc1. The number of benzene rings is 5. The van der Waals surface area contributed by atoms with Gasteiger partial charge in [-0.25, -0.2) is 6.07 Å². The maximum absolute atomic E-state index is 4.93. The van der Waals surface area contributed by atoms with E-state index in [9.17, 15) is 0 Å². The Balaban J connectivity index is 0.000000272. The number of rotatable bonds is 6. The number of nitrogens with zero attached hydrogens (tertiary/aromatic N) is 5. The van der Waals surface area contributed by atoms with Gasteiger partial charge in [-0.1, -0.05) is 61.6 Å². The van der Waals surface area contributed by atoms with Crippen LogP contribution in [0.2, 0.25) is 19.6 Å². The Morgan fingerprint density at radius 1 is 0.635 bits per heavy atom. The quantitative estimate of drug-likeness (QED) is 0.124. The van der Waals surface area contributed by atoms with Gasteiger partial charge in [-0.05, 0) is 47.4 Å². The van der Waals surface area contributed by atoms with E-state index in [1.165, 1.54) is 5.19 Å². The maximum atomic E-state index is 4.93. The summed E-state index contributed by atoms with van der Waals surface area (Å²) in [4.78, 5) is 18.2. The van der Waals surface area contributed by atoms with Crippen LogP contribution < -0.4 is 5.19 Å². The van der Waals surface area contributed by atoms with E-state index < -0.39 is 8.07 Å². The van der Waals surface area contributed by atoms with Gasteiger partial charge in [0.1, 0.15) is 0 Å². The number of para-hydroxylation sites is 3. The van der Waals surface area contributed by atoms with E-state index in [0.29, 0.717) is 0 Å². The first kappa shape index (κ1) is 40.6. The van der Waals surface area contributed by atoms with Gasteiger partial charge in [-0.3, -0.25) is 38.2 Å². The van der Waals surface area contributed by atoms with Crippen LogP contribution in [0.5, 0.6) is 0 Å². The molecule has 0 aliphatic rings. The van der Waals surface area contributed by atoms with Crippen molar-refractivity contribution in [2.45, 2.75) is 19.6 Å². The summed E-state index contributed by atoms with van der Waals surface area (Å²) >= 11 is 0. The minimum atomic E-state index is -1.29. The molecule has 253 valence electrons. The van der Waals surface area contributed by atoms with Crippen LogP contribution >= 0.6 is 0 Å². The molecule has 0 aliphatic heterocycles. The van der Waals surface area contributed by atoms with E-state index in [0.717, 1.165) is 61.9 Å². The standard InChI is InChI=1S/C30H18N3.C13H15N2Si.B.Ir.Y/c1-2-11-26(12-3-1)33-29-15-5-4-14-28(29)32-30(33)25-10-8-9-24(21-25)22-16-18-23(19-17-22)27-13-6-7-20-31-27;1-16(2,3)12-9-14-13(15-10-12)11-7-5-4-6-8-11;;;/h1-9,11-16,18-20H;4-7,9-10H,1-3H3;;;/q-3;-1;;;. The Labute approximate surface area is 347 Å². The first-order chi connectivity index (χ1) is 23.9. The zero-order valence-electron chi connectivity index (χ0n) is 29.1. The molecule has 5 radical (unpaired) electrons. The number of pyridine rings is 1. The minimum absolute atomic E-state index is 0. The molecule has 0 saturated heterocycles. The molecule has 3 aromatic heterocycles. The smallest absolute Gasteiger partial charge is 0.0815 e. The van der Waals surface area contributed by atoms with Crippen LogP contribution in [0.3, 0.4) is 0 Å². The number of hydrogen-bond donors (Lipinski definition) is 0. The Bertz CT molecular complexity index is 2300. The molecule has 0 saturated carbocycles. The third-order valence-electron chi connectivity index (χ3n) is 8.07. The molecule has 0 N–H and O–H groups in total. The molecule has 8 rings (SSSR count). The maximum Gasteiger partial charge on any atom is 0.0815 e. The fourth-order valence-corrected chi connectivity index (χ4v) is 6.31. The van der Waals surface area contributed by atoms with E-state index in [2.05, 4.69) is 93.8 Å². The second-order valence-corrected chi connectivity index (χ2v) is 17.6. The first-order valence-electron chi connectivity index (χ1n) is 16.1. The van der Waals surface area contributed by atoms with Gasteiger partial charge in [0, 0.05) is 91.2 Å². The fourth-order valence-electron chi connectivity index (χ4n) is 5.40. The summed E-state index contributed by atoms with van der Waals surface area (Å²) in [5.74, 6) is 1.57.